The molecule has 1 aliphatic heterocycles. The second kappa shape index (κ2) is 13.6. The van der Waals surface area contributed by atoms with Crippen molar-refractivity contribution in [1.82, 2.24) is 14.8 Å². The second-order valence-electron chi connectivity index (χ2n) is 11.3. The number of amides is 1. The third kappa shape index (κ3) is 7.00. The maximum atomic E-state index is 14.4. The summed E-state index contributed by atoms with van der Waals surface area (Å²) in [6.07, 6.45) is 4.66. The zero-order chi connectivity index (χ0) is 28.8. The molecule has 1 aromatic heterocycles. The fourth-order valence-electron chi connectivity index (χ4n) is 6.13. The molecule has 1 aliphatic carbocycles. The molecule has 1 amide bonds. The molecule has 1 saturated carbocycles. The van der Waals surface area contributed by atoms with E-state index in [-0.39, 0.29) is 29.3 Å². The highest BCUT2D eigenvalue weighted by Crippen LogP contribution is 2.38. The summed E-state index contributed by atoms with van der Waals surface area (Å²) in [5.74, 6) is 0.722. The minimum absolute atomic E-state index is 0.0166. The van der Waals surface area contributed by atoms with Crippen LogP contribution in [0, 0.1) is 5.92 Å². The van der Waals surface area contributed by atoms with Gasteiger partial charge in [0.05, 0.1) is 18.0 Å². The Balaban J connectivity index is 1.43. The van der Waals surface area contributed by atoms with Gasteiger partial charge in [-0.05, 0) is 79.5 Å². The van der Waals surface area contributed by atoms with Gasteiger partial charge in [-0.2, -0.15) is 0 Å². The number of aryl methyl sites for hydroxylation is 2. The molecule has 3 aromatic rings. The molecule has 41 heavy (non-hydrogen) atoms. The first-order chi connectivity index (χ1) is 20.0. The highest BCUT2D eigenvalue weighted by atomic mass is 16.5. The second-order valence-corrected chi connectivity index (χ2v) is 11.3. The molecule has 2 aromatic carbocycles. The van der Waals surface area contributed by atoms with Crippen LogP contribution in [0.1, 0.15) is 48.3 Å². The number of nitrogens with zero attached hydrogens (tertiary/aromatic N) is 2. The highest BCUT2D eigenvalue weighted by molar-refractivity contribution is 5.86. The van der Waals surface area contributed by atoms with Crippen molar-refractivity contribution in [3.8, 4) is 5.75 Å². The summed E-state index contributed by atoms with van der Waals surface area (Å²) in [6.45, 7) is 3.67. The van der Waals surface area contributed by atoms with Crippen LogP contribution >= 0.6 is 0 Å². The first-order valence-corrected chi connectivity index (χ1v) is 14.8. The molecule has 8 heteroatoms. The summed E-state index contributed by atoms with van der Waals surface area (Å²) in [4.78, 5) is 29.4. The predicted octanol–water partition coefficient (Wildman–Crippen LogP) is 4.03. The molecular formula is C33H43N3O5. The van der Waals surface area contributed by atoms with E-state index in [4.69, 9.17) is 14.2 Å². The lowest BCUT2D eigenvalue weighted by Gasteiger charge is -2.36. The third-order valence-corrected chi connectivity index (χ3v) is 8.40. The van der Waals surface area contributed by atoms with Crippen LogP contribution in [0.25, 0.3) is 10.9 Å². The Labute approximate surface area is 242 Å². The average molecular weight is 562 g/mol. The highest BCUT2D eigenvalue weighted by Gasteiger charge is 2.40. The molecule has 8 nitrogen and oxygen atoms in total. The van der Waals surface area contributed by atoms with Gasteiger partial charge in [0.25, 0.3) is 5.56 Å². The van der Waals surface area contributed by atoms with Crippen LogP contribution in [0.15, 0.2) is 53.3 Å². The van der Waals surface area contributed by atoms with Crippen molar-refractivity contribution in [1.29, 1.82) is 0 Å². The number of pyridine rings is 1. The molecule has 0 radical (unpaired) electrons. The quantitative estimate of drug-likeness (QED) is 0.318. The summed E-state index contributed by atoms with van der Waals surface area (Å²) in [7, 11) is 5.20. The number of nitrogens with one attached hydrogen (secondary N) is 1. The van der Waals surface area contributed by atoms with Crippen molar-refractivity contribution in [3.63, 3.8) is 0 Å². The number of methoxy groups -OCH3 is 2. The molecule has 2 fully saturated rings. The molecule has 1 unspecified atom stereocenters. The van der Waals surface area contributed by atoms with Crippen LogP contribution in [0.3, 0.4) is 0 Å². The minimum atomic E-state index is -0.234. The van der Waals surface area contributed by atoms with E-state index in [0.29, 0.717) is 32.9 Å². The van der Waals surface area contributed by atoms with Gasteiger partial charge in [0.1, 0.15) is 12.4 Å². The summed E-state index contributed by atoms with van der Waals surface area (Å²) >= 11 is 0. The Hall–Kier alpha value is -3.20. The van der Waals surface area contributed by atoms with Gasteiger partial charge < -0.3 is 29.0 Å². The summed E-state index contributed by atoms with van der Waals surface area (Å²) in [5, 5.41) is 4.52. The van der Waals surface area contributed by atoms with E-state index in [1.54, 1.807) is 24.9 Å². The van der Waals surface area contributed by atoms with Gasteiger partial charge in [-0.3, -0.25) is 9.59 Å². The number of hydrogen-bond donors (Lipinski definition) is 1. The largest absolute Gasteiger partial charge is 0.491 e. The lowest BCUT2D eigenvalue weighted by molar-refractivity contribution is -0.138. The molecule has 2 heterocycles. The lowest BCUT2D eigenvalue weighted by Crippen LogP contribution is -2.47. The van der Waals surface area contributed by atoms with Crippen LogP contribution in [0.4, 0.5) is 0 Å². The number of ether oxygens (including phenoxy) is 3. The molecule has 2 aliphatic rings. The molecule has 220 valence electrons. The first-order valence-electron chi connectivity index (χ1n) is 14.8. The smallest absolute Gasteiger partial charge is 0.251 e. The number of carbonyl (C=O) groups is 1. The number of carbonyl (C=O) groups excluding carboxylic acids is 1. The Morgan fingerprint density at radius 1 is 1.00 bits per heavy atom. The Bertz CT molecular complexity index is 1370. The molecule has 1 saturated heterocycles. The van der Waals surface area contributed by atoms with E-state index in [2.05, 4.69) is 34.5 Å². The number of hydrogen-bond acceptors (Lipinski definition) is 6. The predicted molar refractivity (Wildman–Crippen MR) is 160 cm³/mol. The fraction of sp³-hybridized carbons (Fsp3) is 0.515. The van der Waals surface area contributed by atoms with Crippen LogP contribution in [0.2, 0.25) is 0 Å². The van der Waals surface area contributed by atoms with Crippen molar-refractivity contribution < 1.29 is 19.0 Å². The van der Waals surface area contributed by atoms with Gasteiger partial charge >= 0.3 is 0 Å². The Kier molecular flexibility index (Phi) is 9.75. The molecule has 0 spiro atoms. The van der Waals surface area contributed by atoms with Gasteiger partial charge in [-0.15, -0.1) is 0 Å². The van der Waals surface area contributed by atoms with Crippen molar-refractivity contribution in [2.24, 2.45) is 13.0 Å². The van der Waals surface area contributed by atoms with Crippen molar-refractivity contribution in [2.75, 3.05) is 47.1 Å². The van der Waals surface area contributed by atoms with Gasteiger partial charge in [-0.25, -0.2) is 0 Å². The number of para-hydroxylation sites is 1. The van der Waals surface area contributed by atoms with E-state index >= 15 is 0 Å². The van der Waals surface area contributed by atoms with Crippen molar-refractivity contribution in [3.05, 3.63) is 75.6 Å². The van der Waals surface area contributed by atoms with Gasteiger partial charge in [0.2, 0.25) is 5.91 Å². The van der Waals surface area contributed by atoms with Crippen LogP contribution in [-0.2, 0) is 34.3 Å². The van der Waals surface area contributed by atoms with E-state index in [9.17, 15) is 9.59 Å². The number of piperidine rings is 1. The van der Waals surface area contributed by atoms with Crippen LogP contribution in [-0.4, -0.2) is 68.5 Å². The fourth-order valence-corrected chi connectivity index (χ4v) is 6.13. The Morgan fingerprint density at radius 2 is 1.78 bits per heavy atom. The number of aromatic nitrogens is 1. The zero-order valence-electron chi connectivity index (χ0n) is 24.6. The first kappa shape index (κ1) is 29.3. The number of rotatable bonds is 13. The molecular weight excluding hydrogens is 518 g/mol. The van der Waals surface area contributed by atoms with Gasteiger partial charge in [0, 0.05) is 58.5 Å². The summed E-state index contributed by atoms with van der Waals surface area (Å²) < 4.78 is 18.1. The third-order valence-electron chi connectivity index (χ3n) is 8.40. The van der Waals surface area contributed by atoms with Crippen molar-refractivity contribution in [2.45, 2.75) is 50.6 Å². The number of benzene rings is 2. The minimum Gasteiger partial charge on any atom is -0.491 e. The van der Waals surface area contributed by atoms with E-state index < -0.39 is 0 Å². The van der Waals surface area contributed by atoms with E-state index in [0.717, 1.165) is 66.4 Å². The molecule has 2 atom stereocenters. The van der Waals surface area contributed by atoms with Crippen LogP contribution < -0.4 is 15.6 Å². The maximum Gasteiger partial charge on any atom is 0.251 e. The monoisotopic (exact) mass is 561 g/mol. The van der Waals surface area contributed by atoms with Gasteiger partial charge in [0.15, 0.2) is 0 Å². The number of fused-ring (bicyclic) bond motifs is 1. The summed E-state index contributed by atoms with van der Waals surface area (Å²) in [6, 6.07) is 16.4. The SMILES string of the molecule is COCCCc1cc(CN(C(=O)C2CNCC[C@@H]2c2cc(=O)n(C)c3ccccc23)C2CC2)cc(OCCOC)c1. The Morgan fingerprint density at radius 3 is 2.56 bits per heavy atom. The lowest BCUT2D eigenvalue weighted by atomic mass is 9.79. The van der Waals surface area contributed by atoms with Gasteiger partial charge in [-0.1, -0.05) is 24.3 Å². The summed E-state index contributed by atoms with van der Waals surface area (Å²) in [5.41, 5.74) is 4.12. The molecule has 5 rings (SSSR count). The maximum absolute atomic E-state index is 14.4. The molecule has 0 bridgehead atoms. The molecule has 1 N–H and O–H groups in total. The average Bonchev–Trinajstić information content (AvgIpc) is 3.83. The van der Waals surface area contributed by atoms with Crippen LogP contribution in [0.5, 0.6) is 5.75 Å². The topological polar surface area (TPSA) is 82.0 Å². The van der Waals surface area contributed by atoms with Crippen molar-refractivity contribution >= 4 is 16.8 Å². The van der Waals surface area contributed by atoms with E-state index in [1.165, 1.54) is 5.56 Å². The zero-order valence-corrected chi connectivity index (χ0v) is 24.6. The normalized spacial score (nSPS) is 18.9. The standard InChI is InChI=1S/C33H43N3O5/c1-35-31-9-5-4-8-28(31)29(20-32(35)37)27-12-13-34-21-30(27)33(38)36(25-10-11-25)22-24-17-23(7-6-14-39-2)18-26(19-24)41-16-15-40-3/h4-5,8-9,17-20,25,27,30,34H,6-7,10-16,21-22H2,1-3H3/t27-,30?/m1/s1. The van der Waals surface area contributed by atoms with E-state index in [1.807, 2.05) is 25.2 Å².